The molecule has 8 heteroatoms. The minimum absolute atomic E-state index is 0.410. The number of halogens is 2. The van der Waals surface area contributed by atoms with Crippen LogP contribution >= 0.6 is 23.2 Å². The molecule has 1 heterocycles. The Morgan fingerprint density at radius 3 is 2.74 bits per heavy atom. The first-order chi connectivity index (χ1) is 8.83. The van der Waals surface area contributed by atoms with Crippen LogP contribution in [0.1, 0.15) is 5.56 Å². The summed E-state index contributed by atoms with van der Waals surface area (Å²) >= 11 is 11.9. The van der Waals surface area contributed by atoms with Crippen molar-refractivity contribution in [3.05, 3.63) is 46.2 Å². The molecule has 0 aliphatic carbocycles. The molecule has 0 amide bonds. The Labute approximate surface area is 121 Å². The van der Waals surface area contributed by atoms with Gasteiger partial charge < -0.3 is 0 Å². The summed E-state index contributed by atoms with van der Waals surface area (Å²) in [4.78, 5) is 0. The molecule has 0 aliphatic heterocycles. The van der Waals surface area contributed by atoms with Gasteiger partial charge in [0, 0.05) is 16.2 Å². The normalized spacial score (nSPS) is 11.5. The van der Waals surface area contributed by atoms with Gasteiger partial charge in [0.15, 0.2) is 0 Å². The number of anilines is 1. The van der Waals surface area contributed by atoms with Gasteiger partial charge in [0.1, 0.15) is 0 Å². The van der Waals surface area contributed by atoms with E-state index in [1.54, 1.807) is 29.1 Å². The molecule has 2 aromatic rings. The van der Waals surface area contributed by atoms with E-state index in [-0.39, 0.29) is 0 Å². The molecule has 5 nitrogen and oxygen atoms in total. The zero-order chi connectivity index (χ0) is 14.0. The van der Waals surface area contributed by atoms with Gasteiger partial charge >= 0.3 is 0 Å². The molecular weight excluding hydrogens is 309 g/mol. The van der Waals surface area contributed by atoms with Gasteiger partial charge in [-0.25, -0.2) is 8.42 Å². The second-order valence-corrected chi connectivity index (χ2v) is 6.63. The Bertz CT molecular complexity index is 698. The smallest absolute Gasteiger partial charge is 0.229 e. The summed E-state index contributed by atoms with van der Waals surface area (Å²) in [6, 6.07) is 5.19. The van der Waals surface area contributed by atoms with Crippen molar-refractivity contribution in [3.8, 4) is 0 Å². The molecule has 0 saturated heterocycles. The molecule has 102 valence electrons. The highest BCUT2D eigenvalue weighted by molar-refractivity contribution is 7.92. The summed E-state index contributed by atoms with van der Waals surface area (Å²) in [5.74, 6) is 0. The van der Waals surface area contributed by atoms with Crippen molar-refractivity contribution in [1.29, 1.82) is 0 Å². The van der Waals surface area contributed by atoms with Crippen LogP contribution in [-0.4, -0.2) is 24.5 Å². The van der Waals surface area contributed by atoms with Crippen LogP contribution < -0.4 is 4.72 Å². The van der Waals surface area contributed by atoms with E-state index >= 15 is 0 Å². The topological polar surface area (TPSA) is 64.0 Å². The largest absolute Gasteiger partial charge is 0.281 e. The van der Waals surface area contributed by atoms with Crippen molar-refractivity contribution in [2.45, 2.75) is 6.54 Å². The average molecular weight is 320 g/mol. The van der Waals surface area contributed by atoms with E-state index in [2.05, 4.69) is 9.82 Å². The van der Waals surface area contributed by atoms with Crippen LogP contribution in [-0.2, 0) is 16.6 Å². The first-order valence-electron chi connectivity index (χ1n) is 5.28. The maximum atomic E-state index is 11.1. The van der Waals surface area contributed by atoms with Crippen molar-refractivity contribution in [2.75, 3.05) is 11.0 Å². The summed E-state index contributed by atoms with van der Waals surface area (Å²) in [5.41, 5.74) is 1.26. The van der Waals surface area contributed by atoms with E-state index in [0.29, 0.717) is 22.3 Å². The number of hydrogen-bond donors (Lipinski definition) is 1. The number of rotatable bonds is 4. The van der Waals surface area contributed by atoms with E-state index in [1.807, 2.05) is 0 Å². The van der Waals surface area contributed by atoms with Gasteiger partial charge in [-0.3, -0.25) is 9.40 Å². The van der Waals surface area contributed by atoms with E-state index < -0.39 is 10.0 Å². The maximum absolute atomic E-state index is 11.1. The Morgan fingerprint density at radius 1 is 1.37 bits per heavy atom. The van der Waals surface area contributed by atoms with Crippen molar-refractivity contribution in [2.24, 2.45) is 0 Å². The third-order valence-electron chi connectivity index (χ3n) is 2.28. The highest BCUT2D eigenvalue weighted by Gasteiger charge is 2.06. The zero-order valence-corrected chi connectivity index (χ0v) is 12.3. The number of nitrogens with one attached hydrogen (secondary N) is 1. The molecule has 0 bridgehead atoms. The molecule has 1 aromatic carbocycles. The summed E-state index contributed by atoms with van der Waals surface area (Å²) in [6.07, 6.45) is 4.11. The fraction of sp³-hybridized carbons (Fsp3) is 0.182. The lowest BCUT2D eigenvalue weighted by molar-refractivity contribution is 0.607. The fourth-order valence-corrected chi connectivity index (χ4v) is 2.54. The van der Waals surface area contributed by atoms with Crippen molar-refractivity contribution in [1.82, 2.24) is 9.78 Å². The Balaban J connectivity index is 2.16. The molecule has 0 aliphatic rings. The van der Waals surface area contributed by atoms with Crippen molar-refractivity contribution >= 4 is 38.9 Å². The van der Waals surface area contributed by atoms with Crippen LogP contribution in [0.4, 0.5) is 5.69 Å². The van der Waals surface area contributed by atoms with Gasteiger partial charge in [-0.15, -0.1) is 0 Å². The molecule has 0 radical (unpaired) electrons. The first-order valence-corrected chi connectivity index (χ1v) is 7.92. The van der Waals surface area contributed by atoms with E-state index in [1.165, 1.54) is 6.20 Å². The van der Waals surface area contributed by atoms with Crippen molar-refractivity contribution < 1.29 is 8.42 Å². The molecule has 0 atom stereocenters. The molecule has 1 aromatic heterocycles. The summed E-state index contributed by atoms with van der Waals surface area (Å²) < 4.78 is 26.1. The summed E-state index contributed by atoms with van der Waals surface area (Å²) in [5, 5.41) is 5.16. The maximum Gasteiger partial charge on any atom is 0.229 e. The van der Waals surface area contributed by atoms with Gasteiger partial charge in [-0.1, -0.05) is 29.3 Å². The fourth-order valence-electron chi connectivity index (χ4n) is 1.54. The number of nitrogens with zero attached hydrogens (tertiary/aromatic N) is 2. The number of hydrogen-bond acceptors (Lipinski definition) is 3. The first kappa shape index (κ1) is 14.2. The number of sulfonamides is 1. The second kappa shape index (κ2) is 5.40. The van der Waals surface area contributed by atoms with E-state index in [9.17, 15) is 8.42 Å². The zero-order valence-electron chi connectivity index (χ0n) is 9.97. The van der Waals surface area contributed by atoms with Crippen LogP contribution in [0, 0.1) is 0 Å². The standard InChI is InChI=1S/C11H11Cl2N3O2S/c1-19(17,18)15-10-5-14-16(7-10)6-8-2-3-9(12)4-11(8)13/h2-5,7,15H,6H2,1H3. The lowest BCUT2D eigenvalue weighted by Gasteiger charge is -2.05. The summed E-state index contributed by atoms with van der Waals surface area (Å²) in [7, 11) is -3.30. The molecule has 1 N–H and O–H groups in total. The monoisotopic (exact) mass is 319 g/mol. The third-order valence-corrected chi connectivity index (χ3v) is 3.48. The van der Waals surface area contributed by atoms with E-state index in [4.69, 9.17) is 23.2 Å². The predicted octanol–water partition coefficient (Wildman–Crippen LogP) is 2.61. The van der Waals surface area contributed by atoms with Crippen LogP contribution in [0.5, 0.6) is 0 Å². The van der Waals surface area contributed by atoms with E-state index in [0.717, 1.165) is 11.8 Å². The number of benzene rings is 1. The molecule has 0 unspecified atom stereocenters. The third kappa shape index (κ3) is 4.12. The predicted molar refractivity (Wildman–Crippen MR) is 76.3 cm³/mol. The van der Waals surface area contributed by atoms with Gasteiger partial charge in [0.05, 0.1) is 24.7 Å². The Kier molecular flexibility index (Phi) is 4.03. The minimum atomic E-state index is -3.30. The number of aromatic nitrogens is 2. The van der Waals surface area contributed by atoms with Gasteiger partial charge in [-0.2, -0.15) is 5.10 Å². The minimum Gasteiger partial charge on any atom is -0.281 e. The Morgan fingerprint density at radius 2 is 2.11 bits per heavy atom. The molecule has 0 fully saturated rings. The molecule has 0 spiro atoms. The molecular formula is C11H11Cl2N3O2S. The van der Waals surface area contributed by atoms with Crippen LogP contribution in [0.3, 0.4) is 0 Å². The SMILES string of the molecule is CS(=O)(=O)Nc1cnn(Cc2ccc(Cl)cc2Cl)c1. The van der Waals surface area contributed by atoms with Crippen LogP contribution in [0.2, 0.25) is 10.0 Å². The quantitative estimate of drug-likeness (QED) is 0.942. The van der Waals surface area contributed by atoms with Crippen LogP contribution in [0.15, 0.2) is 30.6 Å². The average Bonchev–Trinajstić information content (AvgIpc) is 2.67. The van der Waals surface area contributed by atoms with Crippen molar-refractivity contribution in [3.63, 3.8) is 0 Å². The molecule has 2 rings (SSSR count). The van der Waals surface area contributed by atoms with Gasteiger partial charge in [0.25, 0.3) is 0 Å². The van der Waals surface area contributed by atoms with Crippen LogP contribution in [0.25, 0.3) is 0 Å². The highest BCUT2D eigenvalue weighted by Crippen LogP contribution is 2.22. The molecule has 0 saturated carbocycles. The van der Waals surface area contributed by atoms with Gasteiger partial charge in [0.2, 0.25) is 10.0 Å². The van der Waals surface area contributed by atoms with Gasteiger partial charge in [-0.05, 0) is 17.7 Å². The lowest BCUT2D eigenvalue weighted by Crippen LogP contribution is -2.08. The second-order valence-electron chi connectivity index (χ2n) is 4.04. The Hall–Kier alpha value is -1.24. The highest BCUT2D eigenvalue weighted by atomic mass is 35.5. The summed E-state index contributed by atoms with van der Waals surface area (Å²) in [6.45, 7) is 0.432. The molecule has 19 heavy (non-hydrogen) atoms. The lowest BCUT2D eigenvalue weighted by atomic mass is 10.2.